The van der Waals surface area contributed by atoms with Gasteiger partial charge in [0.25, 0.3) is 5.91 Å². The molecule has 0 fully saturated rings. The number of carbonyl (C=O) groups excluding carboxylic acids is 2. The number of hydrogen-bond acceptors (Lipinski definition) is 7. The monoisotopic (exact) mass is 587 g/mol. The fraction of sp³-hybridized carbons (Fsp3) is 0.548. The Morgan fingerprint density at radius 1 is 1.15 bits per heavy atom. The molecule has 4 unspecified atom stereocenters. The first-order valence-electron chi connectivity index (χ1n) is 13.9. The molecule has 4 atom stereocenters. The van der Waals surface area contributed by atoms with E-state index in [2.05, 4.69) is 16.9 Å². The predicted octanol–water partition coefficient (Wildman–Crippen LogP) is 6.12. The number of aliphatic carboxylic acids is 1. The van der Waals surface area contributed by atoms with E-state index >= 15 is 0 Å². The van der Waals surface area contributed by atoms with Crippen LogP contribution in [0.3, 0.4) is 0 Å². The Hall–Kier alpha value is -3.24. The molecule has 10 heteroatoms. The molecule has 9 nitrogen and oxygen atoms in total. The highest BCUT2D eigenvalue weighted by Gasteiger charge is 2.32. The van der Waals surface area contributed by atoms with Gasteiger partial charge in [-0.25, -0.2) is 9.78 Å². The molecular weight excluding hydrogens is 542 g/mol. The quantitative estimate of drug-likeness (QED) is 0.241. The lowest BCUT2D eigenvalue weighted by atomic mass is 9.96. The number of hydrogen-bond donors (Lipinski definition) is 2. The van der Waals surface area contributed by atoms with Gasteiger partial charge in [-0.2, -0.15) is 0 Å². The van der Waals surface area contributed by atoms with E-state index in [1.807, 2.05) is 65.0 Å². The zero-order chi connectivity index (χ0) is 30.7. The number of aromatic nitrogens is 1. The van der Waals surface area contributed by atoms with E-state index in [9.17, 15) is 19.5 Å². The lowest BCUT2D eigenvalue weighted by Crippen LogP contribution is -2.44. The second kappa shape index (κ2) is 15.7. The van der Waals surface area contributed by atoms with Gasteiger partial charge in [0.1, 0.15) is 22.4 Å². The second-order valence-corrected chi connectivity index (χ2v) is 12.5. The molecule has 2 amide bonds. The molecule has 1 heterocycles. The highest BCUT2D eigenvalue weighted by atomic mass is 32.1. The number of carbonyl (C=O) groups is 3. The maximum Gasteiger partial charge on any atom is 0.410 e. The number of nitrogens with zero attached hydrogens (tertiary/aromatic N) is 2. The Balaban J connectivity index is 2.24. The van der Waals surface area contributed by atoms with Crippen molar-refractivity contribution in [3.05, 3.63) is 64.6 Å². The first-order valence-corrected chi connectivity index (χ1v) is 14.8. The third kappa shape index (κ3) is 11.3. The average Bonchev–Trinajstić information content (AvgIpc) is 3.38. The number of carboxylic acids is 1. The summed E-state index contributed by atoms with van der Waals surface area (Å²) in [5.74, 6) is -1.81. The number of thiazole rings is 1. The molecule has 0 spiro atoms. The molecule has 226 valence electrons. The average molecular weight is 588 g/mol. The number of ether oxygens (including phenoxy) is 2. The van der Waals surface area contributed by atoms with Crippen molar-refractivity contribution in [3.63, 3.8) is 0 Å². The number of nitrogens with one attached hydrogen (secondary N) is 1. The third-order valence-electron chi connectivity index (χ3n) is 6.57. The van der Waals surface area contributed by atoms with Crippen LogP contribution in [-0.2, 0) is 20.7 Å². The summed E-state index contributed by atoms with van der Waals surface area (Å²) in [7, 11) is 1.72. The van der Waals surface area contributed by atoms with Crippen molar-refractivity contribution in [1.82, 2.24) is 15.2 Å². The SMILES string of the molecule is C=CCOC(CC(C(C)C)N(C)C(=O)OC(C)(C)C)c1nc(C(=O)NC(Cc2ccccc2)CC(C)C(=O)O)cs1. The van der Waals surface area contributed by atoms with Crippen LogP contribution in [0.15, 0.2) is 48.4 Å². The lowest BCUT2D eigenvalue weighted by Gasteiger charge is -2.34. The van der Waals surface area contributed by atoms with Gasteiger partial charge in [0.05, 0.1) is 12.5 Å². The largest absolute Gasteiger partial charge is 0.481 e. The standard InChI is InChI=1S/C31H45N3O6S/c1-9-15-39-26(18-25(20(2)3)34(8)30(38)40-31(5,6)7)28-33-24(19-41-28)27(35)32-23(16-21(4)29(36)37)17-22-13-11-10-12-14-22/h9-14,19-21,23,25-26H,1,15-18H2,2-8H3,(H,32,35)(H,36,37). The van der Waals surface area contributed by atoms with Crippen LogP contribution >= 0.6 is 11.3 Å². The molecule has 2 rings (SSSR count). The van der Waals surface area contributed by atoms with Crippen molar-refractivity contribution < 1.29 is 29.0 Å². The first kappa shape index (κ1) is 34.0. The molecule has 0 bridgehead atoms. The van der Waals surface area contributed by atoms with E-state index in [0.29, 0.717) is 17.8 Å². The van der Waals surface area contributed by atoms with Gasteiger partial charge >= 0.3 is 12.1 Å². The van der Waals surface area contributed by atoms with E-state index in [1.54, 1.807) is 30.3 Å². The highest BCUT2D eigenvalue weighted by molar-refractivity contribution is 7.09. The maximum atomic E-state index is 13.3. The normalized spacial score (nSPS) is 14.5. The van der Waals surface area contributed by atoms with Crippen molar-refractivity contribution in [1.29, 1.82) is 0 Å². The van der Waals surface area contributed by atoms with Crippen molar-refractivity contribution in [2.24, 2.45) is 11.8 Å². The lowest BCUT2D eigenvalue weighted by molar-refractivity contribution is -0.141. The van der Waals surface area contributed by atoms with E-state index in [0.717, 1.165) is 5.56 Å². The summed E-state index contributed by atoms with van der Waals surface area (Å²) < 4.78 is 11.7. The van der Waals surface area contributed by atoms with E-state index in [-0.39, 0.29) is 42.6 Å². The predicted molar refractivity (Wildman–Crippen MR) is 161 cm³/mol. The minimum absolute atomic E-state index is 0.0973. The van der Waals surface area contributed by atoms with E-state index in [4.69, 9.17) is 9.47 Å². The Bertz CT molecular complexity index is 1140. The molecule has 0 saturated heterocycles. The smallest absolute Gasteiger partial charge is 0.410 e. The molecule has 0 aliphatic heterocycles. The van der Waals surface area contributed by atoms with Gasteiger partial charge in [0.15, 0.2) is 0 Å². The Morgan fingerprint density at radius 3 is 2.37 bits per heavy atom. The van der Waals surface area contributed by atoms with Gasteiger partial charge in [-0.15, -0.1) is 17.9 Å². The molecule has 2 aromatic rings. The van der Waals surface area contributed by atoms with Crippen LogP contribution in [-0.4, -0.2) is 64.3 Å². The molecule has 0 saturated carbocycles. The molecule has 41 heavy (non-hydrogen) atoms. The van der Waals surface area contributed by atoms with Crippen molar-refractivity contribution >= 4 is 29.3 Å². The topological polar surface area (TPSA) is 118 Å². The van der Waals surface area contributed by atoms with Crippen molar-refractivity contribution in [3.8, 4) is 0 Å². The summed E-state index contributed by atoms with van der Waals surface area (Å²) >= 11 is 1.31. The van der Waals surface area contributed by atoms with Crippen LogP contribution in [0.1, 0.15) is 81.5 Å². The highest BCUT2D eigenvalue weighted by Crippen LogP contribution is 2.31. The molecule has 1 aromatic heterocycles. The van der Waals surface area contributed by atoms with Gasteiger partial charge in [0.2, 0.25) is 0 Å². The number of benzene rings is 1. The zero-order valence-corrected chi connectivity index (χ0v) is 26.1. The van der Waals surface area contributed by atoms with Crippen LogP contribution < -0.4 is 5.32 Å². The van der Waals surface area contributed by atoms with Crippen LogP contribution in [0.25, 0.3) is 0 Å². The van der Waals surface area contributed by atoms with E-state index < -0.39 is 29.7 Å². The Morgan fingerprint density at radius 2 is 1.80 bits per heavy atom. The Labute approximate surface area is 248 Å². The number of rotatable bonds is 15. The fourth-order valence-electron chi connectivity index (χ4n) is 4.41. The minimum Gasteiger partial charge on any atom is -0.481 e. The number of amides is 2. The zero-order valence-electron chi connectivity index (χ0n) is 25.3. The summed E-state index contributed by atoms with van der Waals surface area (Å²) in [4.78, 5) is 43.8. The maximum absolute atomic E-state index is 13.3. The molecule has 2 N–H and O–H groups in total. The van der Waals surface area contributed by atoms with Crippen LogP contribution in [0.4, 0.5) is 4.79 Å². The number of carboxylic acid groups (broad SMARTS) is 1. The minimum atomic E-state index is -0.911. The Kier molecular flexibility index (Phi) is 13.0. The van der Waals surface area contributed by atoms with Gasteiger partial charge in [-0.1, -0.05) is 57.2 Å². The van der Waals surface area contributed by atoms with Crippen LogP contribution in [0.2, 0.25) is 0 Å². The fourth-order valence-corrected chi connectivity index (χ4v) is 5.27. The summed E-state index contributed by atoms with van der Waals surface area (Å²) in [5.41, 5.74) is 0.616. The van der Waals surface area contributed by atoms with Crippen LogP contribution in [0, 0.1) is 11.8 Å². The van der Waals surface area contributed by atoms with Gasteiger partial charge in [-0.3, -0.25) is 9.59 Å². The molecule has 0 aliphatic rings. The molecule has 0 radical (unpaired) electrons. The summed E-state index contributed by atoms with van der Waals surface area (Å²) in [5, 5.41) is 14.7. The van der Waals surface area contributed by atoms with E-state index in [1.165, 1.54) is 11.3 Å². The summed E-state index contributed by atoms with van der Waals surface area (Å²) in [6.45, 7) is 15.2. The molecule has 1 aromatic carbocycles. The van der Waals surface area contributed by atoms with Crippen molar-refractivity contribution in [2.45, 2.75) is 84.6 Å². The summed E-state index contributed by atoms with van der Waals surface area (Å²) in [6.07, 6.45) is 1.97. The van der Waals surface area contributed by atoms with Crippen LogP contribution in [0.5, 0.6) is 0 Å². The second-order valence-electron chi connectivity index (χ2n) is 11.7. The van der Waals surface area contributed by atoms with Gasteiger partial charge in [-0.05, 0) is 45.1 Å². The molecular formula is C31H45N3O6S. The van der Waals surface area contributed by atoms with Crippen molar-refractivity contribution in [2.75, 3.05) is 13.7 Å². The molecule has 0 aliphatic carbocycles. The van der Waals surface area contributed by atoms with Gasteiger partial charge in [0, 0.05) is 30.9 Å². The van der Waals surface area contributed by atoms with Gasteiger partial charge < -0.3 is 24.8 Å². The summed E-state index contributed by atoms with van der Waals surface area (Å²) in [6, 6.07) is 9.04. The third-order valence-corrected chi connectivity index (χ3v) is 7.51. The first-order chi connectivity index (χ1) is 19.2.